The van der Waals surface area contributed by atoms with Crippen molar-refractivity contribution in [3.8, 4) is 0 Å². The number of nitrogens with zero attached hydrogens (tertiary/aromatic N) is 3. The number of carbonyl (C=O) groups is 1. The van der Waals surface area contributed by atoms with Crippen LogP contribution in [-0.4, -0.2) is 27.4 Å². The fourth-order valence-electron chi connectivity index (χ4n) is 3.14. The third-order valence-corrected chi connectivity index (χ3v) is 5.25. The molecular formula is C20H15N3O4S. The van der Waals surface area contributed by atoms with Crippen molar-refractivity contribution >= 4 is 34.5 Å². The summed E-state index contributed by atoms with van der Waals surface area (Å²) in [7, 11) is 0. The molecule has 0 radical (unpaired) electrons. The smallest absolute Gasteiger partial charge is 0.257 e. The summed E-state index contributed by atoms with van der Waals surface area (Å²) in [4.78, 5) is 17.3. The average Bonchev–Trinajstić information content (AvgIpc) is 3.50. The molecule has 3 aromatic heterocycles. The lowest BCUT2D eigenvalue weighted by Crippen LogP contribution is -2.28. The Morgan fingerprint density at radius 1 is 1.11 bits per heavy atom. The fourth-order valence-corrected chi connectivity index (χ4v) is 3.83. The Bertz CT molecular complexity index is 1100. The van der Waals surface area contributed by atoms with Crippen LogP contribution in [0.15, 0.2) is 84.6 Å². The number of thioether (sulfide) groups is 1. The molecule has 5 rings (SSSR count). The van der Waals surface area contributed by atoms with Gasteiger partial charge < -0.3 is 13.3 Å². The molecule has 0 fully saturated rings. The molecule has 0 saturated heterocycles. The zero-order valence-electron chi connectivity index (χ0n) is 14.6. The summed E-state index contributed by atoms with van der Waals surface area (Å²) >= 11 is 1.25. The summed E-state index contributed by atoms with van der Waals surface area (Å²) in [5.41, 5.74) is 2.18. The van der Waals surface area contributed by atoms with Gasteiger partial charge in [0.25, 0.3) is 11.1 Å². The number of rotatable bonds is 5. The van der Waals surface area contributed by atoms with Crippen LogP contribution in [0, 0.1) is 0 Å². The molecule has 4 aromatic rings. The molecule has 7 nitrogen and oxygen atoms in total. The van der Waals surface area contributed by atoms with Crippen molar-refractivity contribution in [1.82, 2.24) is 9.99 Å². The highest BCUT2D eigenvalue weighted by atomic mass is 32.2. The van der Waals surface area contributed by atoms with Crippen molar-refractivity contribution in [3.05, 3.63) is 72.6 Å². The standard InChI is InChI=1S/C20H15N3O4S/c24-19(12-28-20-21-13-5-1-2-6-17(13)27-20)23-15(18-8-4-10-26-18)11-14(22-23)16-7-3-9-25-16/h1-10,15H,11-12H2/t15-/m0/s1. The minimum atomic E-state index is -0.299. The molecule has 0 N–H and O–H groups in total. The minimum absolute atomic E-state index is 0.152. The third kappa shape index (κ3) is 3.11. The average molecular weight is 393 g/mol. The first-order valence-corrected chi connectivity index (χ1v) is 9.72. The second-order valence-electron chi connectivity index (χ2n) is 6.23. The highest BCUT2D eigenvalue weighted by molar-refractivity contribution is 7.99. The van der Waals surface area contributed by atoms with Gasteiger partial charge in [-0.1, -0.05) is 23.9 Å². The van der Waals surface area contributed by atoms with Gasteiger partial charge in [0.2, 0.25) is 0 Å². The number of hydrazone groups is 1. The lowest BCUT2D eigenvalue weighted by Gasteiger charge is -2.19. The van der Waals surface area contributed by atoms with Gasteiger partial charge in [0.05, 0.1) is 18.3 Å². The monoisotopic (exact) mass is 393 g/mol. The van der Waals surface area contributed by atoms with Gasteiger partial charge in [-0.2, -0.15) is 5.10 Å². The van der Waals surface area contributed by atoms with Gasteiger partial charge in [-0.25, -0.2) is 9.99 Å². The lowest BCUT2D eigenvalue weighted by molar-refractivity contribution is -0.130. The van der Waals surface area contributed by atoms with Crippen molar-refractivity contribution in [3.63, 3.8) is 0 Å². The van der Waals surface area contributed by atoms with E-state index in [9.17, 15) is 4.79 Å². The van der Waals surface area contributed by atoms with Gasteiger partial charge in [0.15, 0.2) is 5.58 Å². The van der Waals surface area contributed by atoms with Gasteiger partial charge >= 0.3 is 0 Å². The van der Waals surface area contributed by atoms with Crippen molar-refractivity contribution < 1.29 is 18.0 Å². The Balaban J connectivity index is 1.36. The van der Waals surface area contributed by atoms with Crippen LogP contribution >= 0.6 is 11.8 Å². The number of fused-ring (bicyclic) bond motifs is 1. The Morgan fingerprint density at radius 2 is 1.96 bits per heavy atom. The molecule has 1 amide bonds. The van der Waals surface area contributed by atoms with E-state index in [0.29, 0.717) is 34.5 Å². The summed E-state index contributed by atoms with van der Waals surface area (Å²) in [6.07, 6.45) is 3.71. The van der Waals surface area contributed by atoms with Crippen LogP contribution in [0.5, 0.6) is 0 Å². The molecule has 4 heterocycles. The molecular weight excluding hydrogens is 378 g/mol. The summed E-state index contributed by atoms with van der Waals surface area (Å²) in [6, 6.07) is 14.5. The van der Waals surface area contributed by atoms with Gasteiger partial charge in [-0.15, -0.1) is 0 Å². The quantitative estimate of drug-likeness (QED) is 0.465. The van der Waals surface area contributed by atoms with Crippen molar-refractivity contribution in [1.29, 1.82) is 0 Å². The number of oxazole rings is 1. The number of carbonyl (C=O) groups excluding carboxylic acids is 1. The van der Waals surface area contributed by atoms with Gasteiger partial charge in [-0.05, 0) is 36.4 Å². The first-order valence-electron chi connectivity index (χ1n) is 8.73. The first kappa shape index (κ1) is 16.9. The molecule has 28 heavy (non-hydrogen) atoms. The minimum Gasteiger partial charge on any atom is -0.467 e. The zero-order valence-corrected chi connectivity index (χ0v) is 15.5. The maximum atomic E-state index is 12.9. The van der Waals surface area contributed by atoms with Crippen LogP contribution in [0.4, 0.5) is 0 Å². The second-order valence-corrected chi connectivity index (χ2v) is 7.16. The van der Waals surface area contributed by atoms with Crippen molar-refractivity contribution in [2.24, 2.45) is 5.10 Å². The normalized spacial score (nSPS) is 16.6. The van der Waals surface area contributed by atoms with Crippen LogP contribution in [0.3, 0.4) is 0 Å². The van der Waals surface area contributed by atoms with E-state index in [1.165, 1.54) is 16.8 Å². The van der Waals surface area contributed by atoms with E-state index >= 15 is 0 Å². The SMILES string of the molecule is O=C(CSc1nc2ccccc2o1)N1N=C(c2ccco2)C[C@H]1c1ccco1. The predicted molar refractivity (Wildman–Crippen MR) is 103 cm³/mol. The Labute approximate surface area is 164 Å². The number of furan rings is 2. The number of hydrogen-bond donors (Lipinski definition) is 0. The van der Waals surface area contributed by atoms with E-state index < -0.39 is 0 Å². The molecule has 0 aliphatic carbocycles. The largest absolute Gasteiger partial charge is 0.467 e. The number of para-hydroxylation sites is 2. The lowest BCUT2D eigenvalue weighted by atomic mass is 10.1. The number of hydrogen-bond acceptors (Lipinski definition) is 7. The van der Waals surface area contributed by atoms with Gasteiger partial charge in [0, 0.05) is 6.42 Å². The maximum Gasteiger partial charge on any atom is 0.257 e. The molecule has 1 atom stereocenters. The molecule has 1 aromatic carbocycles. The summed E-state index contributed by atoms with van der Waals surface area (Å²) in [5.74, 6) is 1.33. The van der Waals surface area contributed by atoms with Crippen LogP contribution < -0.4 is 0 Å². The third-order valence-electron chi connectivity index (χ3n) is 4.44. The summed E-state index contributed by atoms with van der Waals surface area (Å²) < 4.78 is 16.6. The molecule has 0 spiro atoms. The summed E-state index contributed by atoms with van der Waals surface area (Å²) in [6.45, 7) is 0. The van der Waals surface area contributed by atoms with Crippen LogP contribution in [0.1, 0.15) is 24.0 Å². The van der Waals surface area contributed by atoms with E-state index in [2.05, 4.69) is 10.1 Å². The Hall–Kier alpha value is -3.26. The van der Waals surface area contributed by atoms with E-state index in [4.69, 9.17) is 13.3 Å². The molecule has 1 aliphatic heterocycles. The highest BCUT2D eigenvalue weighted by Gasteiger charge is 2.35. The molecule has 1 aliphatic rings. The van der Waals surface area contributed by atoms with Gasteiger partial charge in [-0.3, -0.25) is 4.79 Å². The number of amides is 1. The predicted octanol–water partition coefficient (Wildman–Crippen LogP) is 4.48. The van der Waals surface area contributed by atoms with Gasteiger partial charge in [0.1, 0.15) is 28.8 Å². The molecule has 0 bridgehead atoms. The fraction of sp³-hybridized carbons (Fsp3) is 0.150. The van der Waals surface area contributed by atoms with Crippen LogP contribution in [0.2, 0.25) is 0 Å². The molecule has 0 saturated carbocycles. The first-order chi connectivity index (χ1) is 13.8. The Morgan fingerprint density at radius 3 is 2.75 bits per heavy atom. The van der Waals surface area contributed by atoms with Crippen LogP contribution in [0.25, 0.3) is 11.1 Å². The molecule has 8 heteroatoms. The van der Waals surface area contributed by atoms with E-state index in [1.54, 1.807) is 24.7 Å². The highest BCUT2D eigenvalue weighted by Crippen LogP contribution is 2.34. The van der Waals surface area contributed by atoms with Crippen molar-refractivity contribution in [2.45, 2.75) is 17.7 Å². The van der Waals surface area contributed by atoms with Crippen molar-refractivity contribution in [2.75, 3.05) is 5.75 Å². The zero-order chi connectivity index (χ0) is 18.9. The van der Waals surface area contributed by atoms with E-state index in [-0.39, 0.29) is 17.7 Å². The van der Waals surface area contributed by atoms with E-state index in [1.807, 2.05) is 36.4 Å². The van der Waals surface area contributed by atoms with E-state index in [0.717, 1.165) is 5.52 Å². The van der Waals surface area contributed by atoms with Crippen LogP contribution in [-0.2, 0) is 4.79 Å². The topological polar surface area (TPSA) is 85.0 Å². The second kappa shape index (κ2) is 7.05. The maximum absolute atomic E-state index is 12.9. The molecule has 140 valence electrons. The summed E-state index contributed by atoms with van der Waals surface area (Å²) in [5, 5.41) is 6.43. The number of benzene rings is 1. The number of aromatic nitrogens is 1. The molecule has 0 unspecified atom stereocenters. The Kier molecular flexibility index (Phi) is 4.25.